The Kier molecular flexibility index (Phi) is 5.19. The maximum absolute atomic E-state index is 12.8. The molecule has 1 aliphatic heterocycles. The summed E-state index contributed by atoms with van der Waals surface area (Å²) in [5, 5.41) is 19.1. The highest BCUT2D eigenvalue weighted by Gasteiger charge is 2.24. The Morgan fingerprint density at radius 1 is 1.17 bits per heavy atom. The topological polar surface area (TPSA) is 64.3 Å². The Hall–Kier alpha value is -2.29. The number of carbonyl (C=O) groups excluding carboxylic acids is 1. The second-order valence-electron chi connectivity index (χ2n) is 5.75. The van der Waals surface area contributed by atoms with Gasteiger partial charge in [-0.25, -0.2) is 0 Å². The molecule has 1 N–H and O–H groups in total. The van der Waals surface area contributed by atoms with Gasteiger partial charge >= 0.3 is 0 Å². The van der Waals surface area contributed by atoms with Crippen LogP contribution in [0.3, 0.4) is 0 Å². The molecule has 3 rings (SSSR count). The minimum Gasteiger partial charge on any atom is -0.391 e. The second kappa shape index (κ2) is 7.52. The fourth-order valence-electron chi connectivity index (χ4n) is 2.81. The van der Waals surface area contributed by atoms with Crippen molar-refractivity contribution >= 4 is 17.7 Å². The van der Waals surface area contributed by atoms with Crippen molar-refractivity contribution in [3.63, 3.8) is 0 Å². The number of nitrogens with zero attached hydrogens (tertiary/aromatic N) is 2. The number of aliphatic hydroxyl groups is 1. The van der Waals surface area contributed by atoms with Crippen LogP contribution in [0.5, 0.6) is 0 Å². The van der Waals surface area contributed by atoms with Gasteiger partial charge in [0.25, 0.3) is 5.91 Å². The number of benzene rings is 2. The lowest BCUT2D eigenvalue weighted by atomic mass is 10.1. The fourth-order valence-corrected chi connectivity index (χ4v) is 3.83. The van der Waals surface area contributed by atoms with Crippen molar-refractivity contribution in [3.8, 4) is 6.07 Å². The lowest BCUT2D eigenvalue weighted by Gasteiger charge is -2.30. The molecule has 5 heteroatoms. The largest absolute Gasteiger partial charge is 0.391 e. The summed E-state index contributed by atoms with van der Waals surface area (Å²) in [6.07, 6.45) is 1.12. The van der Waals surface area contributed by atoms with Crippen LogP contribution in [-0.2, 0) is 0 Å². The summed E-state index contributed by atoms with van der Waals surface area (Å²) in [7, 11) is 0. The van der Waals surface area contributed by atoms with E-state index >= 15 is 0 Å². The molecule has 4 nitrogen and oxygen atoms in total. The van der Waals surface area contributed by atoms with E-state index in [-0.39, 0.29) is 5.91 Å². The molecule has 1 atom stereocenters. The molecule has 0 bridgehead atoms. The molecule has 1 fully saturated rings. The first kappa shape index (κ1) is 16.6. The van der Waals surface area contributed by atoms with E-state index in [1.54, 1.807) is 17.0 Å². The number of likely N-dealkylation sites (tertiary alicyclic amines) is 1. The molecule has 0 saturated carbocycles. The summed E-state index contributed by atoms with van der Waals surface area (Å²) in [4.78, 5) is 16.2. The number of piperidine rings is 1. The maximum Gasteiger partial charge on any atom is 0.255 e. The van der Waals surface area contributed by atoms with Crippen molar-refractivity contribution in [1.82, 2.24) is 4.90 Å². The molecular formula is C19H18N2O2S. The molecule has 1 amide bonds. The molecule has 1 unspecified atom stereocenters. The van der Waals surface area contributed by atoms with Crippen LogP contribution in [0.2, 0.25) is 0 Å². The number of rotatable bonds is 3. The molecule has 122 valence electrons. The minimum absolute atomic E-state index is 0.0636. The number of hydrogen-bond donors (Lipinski definition) is 1. The van der Waals surface area contributed by atoms with Gasteiger partial charge in [0.2, 0.25) is 0 Å². The van der Waals surface area contributed by atoms with Crippen molar-refractivity contribution < 1.29 is 9.90 Å². The van der Waals surface area contributed by atoms with Gasteiger partial charge < -0.3 is 10.0 Å². The molecule has 0 aliphatic carbocycles. The number of amides is 1. The number of hydrogen-bond acceptors (Lipinski definition) is 4. The summed E-state index contributed by atoms with van der Waals surface area (Å²) in [6, 6.07) is 17.0. The van der Waals surface area contributed by atoms with Gasteiger partial charge in [0.15, 0.2) is 0 Å². The summed E-state index contributed by atoms with van der Waals surface area (Å²) in [6.45, 7) is 1.05. The predicted octanol–water partition coefficient (Wildman–Crippen LogP) is 3.31. The fraction of sp³-hybridized carbons (Fsp3) is 0.263. The van der Waals surface area contributed by atoms with Gasteiger partial charge in [-0.05, 0) is 37.1 Å². The van der Waals surface area contributed by atoms with Crippen LogP contribution in [0.1, 0.15) is 28.8 Å². The Morgan fingerprint density at radius 3 is 2.62 bits per heavy atom. The minimum atomic E-state index is -0.443. The van der Waals surface area contributed by atoms with Crippen molar-refractivity contribution in [1.29, 1.82) is 5.26 Å². The van der Waals surface area contributed by atoms with Crippen molar-refractivity contribution in [3.05, 3.63) is 59.7 Å². The Morgan fingerprint density at radius 2 is 1.88 bits per heavy atom. The lowest BCUT2D eigenvalue weighted by Crippen LogP contribution is -2.42. The quantitative estimate of drug-likeness (QED) is 0.932. The van der Waals surface area contributed by atoms with Crippen molar-refractivity contribution in [2.45, 2.75) is 28.7 Å². The lowest BCUT2D eigenvalue weighted by molar-refractivity contribution is 0.0471. The third-order valence-corrected chi connectivity index (χ3v) is 5.18. The van der Waals surface area contributed by atoms with E-state index in [2.05, 4.69) is 6.07 Å². The third-order valence-electron chi connectivity index (χ3n) is 4.03. The zero-order valence-electron chi connectivity index (χ0n) is 13.2. The average Bonchev–Trinajstić information content (AvgIpc) is 2.62. The Bertz CT molecular complexity index is 785. The highest BCUT2D eigenvalue weighted by Crippen LogP contribution is 2.33. The monoisotopic (exact) mass is 338 g/mol. The van der Waals surface area contributed by atoms with Crippen LogP contribution in [0.4, 0.5) is 0 Å². The summed E-state index contributed by atoms with van der Waals surface area (Å²) in [5.74, 6) is -0.0636. The predicted molar refractivity (Wildman–Crippen MR) is 92.9 cm³/mol. The number of nitriles is 1. The highest BCUT2D eigenvalue weighted by molar-refractivity contribution is 7.99. The van der Waals surface area contributed by atoms with Gasteiger partial charge in [0.05, 0.1) is 17.2 Å². The Balaban J connectivity index is 1.88. The normalized spacial score (nSPS) is 17.3. The van der Waals surface area contributed by atoms with Gasteiger partial charge in [0, 0.05) is 22.9 Å². The van der Waals surface area contributed by atoms with E-state index in [0.717, 1.165) is 22.6 Å². The molecule has 1 aliphatic rings. The Labute approximate surface area is 145 Å². The van der Waals surface area contributed by atoms with Gasteiger partial charge in [-0.3, -0.25) is 4.79 Å². The highest BCUT2D eigenvalue weighted by atomic mass is 32.2. The van der Waals surface area contributed by atoms with Crippen LogP contribution in [0, 0.1) is 11.3 Å². The molecule has 0 spiro atoms. The molecule has 0 radical (unpaired) electrons. The molecule has 1 saturated heterocycles. The third kappa shape index (κ3) is 3.61. The van der Waals surface area contributed by atoms with Crippen LogP contribution >= 0.6 is 11.8 Å². The number of aliphatic hydroxyl groups excluding tert-OH is 1. The van der Waals surface area contributed by atoms with Crippen LogP contribution in [-0.4, -0.2) is 35.1 Å². The molecule has 1 heterocycles. The van der Waals surface area contributed by atoms with E-state index < -0.39 is 6.10 Å². The zero-order valence-corrected chi connectivity index (χ0v) is 14.0. The molecule has 2 aromatic carbocycles. The average molecular weight is 338 g/mol. The van der Waals surface area contributed by atoms with Gasteiger partial charge in [0.1, 0.15) is 6.07 Å². The molecular weight excluding hydrogens is 320 g/mol. The van der Waals surface area contributed by atoms with Gasteiger partial charge in [-0.2, -0.15) is 5.26 Å². The first-order valence-electron chi connectivity index (χ1n) is 7.92. The van der Waals surface area contributed by atoms with Gasteiger partial charge in [-0.15, -0.1) is 0 Å². The molecule has 24 heavy (non-hydrogen) atoms. The second-order valence-corrected chi connectivity index (χ2v) is 6.84. The zero-order chi connectivity index (χ0) is 16.9. The molecule has 0 aromatic heterocycles. The van der Waals surface area contributed by atoms with E-state index in [1.165, 1.54) is 11.8 Å². The first-order valence-corrected chi connectivity index (χ1v) is 8.74. The van der Waals surface area contributed by atoms with Crippen molar-refractivity contribution in [2.75, 3.05) is 13.1 Å². The van der Waals surface area contributed by atoms with Crippen LogP contribution in [0.25, 0.3) is 0 Å². The van der Waals surface area contributed by atoms with E-state index in [4.69, 9.17) is 0 Å². The summed E-state index contributed by atoms with van der Waals surface area (Å²) >= 11 is 1.43. The maximum atomic E-state index is 12.8. The van der Waals surface area contributed by atoms with Gasteiger partial charge in [-0.1, -0.05) is 36.0 Å². The van der Waals surface area contributed by atoms with E-state index in [9.17, 15) is 15.2 Å². The number of β-amino-alcohol motifs (C(OH)–C–C–N with tert-alkyl or cyclic N) is 1. The van der Waals surface area contributed by atoms with Crippen LogP contribution < -0.4 is 0 Å². The smallest absolute Gasteiger partial charge is 0.255 e. The molecule has 2 aromatic rings. The first-order chi connectivity index (χ1) is 11.7. The number of carbonyl (C=O) groups is 1. The van der Waals surface area contributed by atoms with E-state index in [0.29, 0.717) is 24.2 Å². The van der Waals surface area contributed by atoms with E-state index in [1.807, 2.05) is 36.4 Å². The van der Waals surface area contributed by atoms with Crippen molar-refractivity contribution in [2.24, 2.45) is 0 Å². The SMILES string of the molecule is N#Cc1ccccc1Sc1ccccc1C(=O)N1CCCC(O)C1. The summed E-state index contributed by atoms with van der Waals surface area (Å²) in [5.41, 5.74) is 1.21. The standard InChI is InChI=1S/C19H18N2O2S/c20-12-14-6-1-3-9-17(14)24-18-10-4-2-8-16(18)19(23)21-11-5-7-15(22)13-21/h1-4,6,8-10,15,22H,5,7,11,13H2. The van der Waals surface area contributed by atoms with Crippen LogP contribution in [0.15, 0.2) is 58.3 Å². The summed E-state index contributed by atoms with van der Waals surface area (Å²) < 4.78 is 0.